The summed E-state index contributed by atoms with van der Waals surface area (Å²) in [6, 6.07) is 5.21. The summed E-state index contributed by atoms with van der Waals surface area (Å²) in [4.78, 5) is 11.5. The van der Waals surface area contributed by atoms with E-state index in [9.17, 15) is 4.79 Å². The normalized spacial score (nSPS) is 10.3. The fourth-order valence-corrected chi connectivity index (χ4v) is 1.62. The predicted octanol–water partition coefficient (Wildman–Crippen LogP) is 2.24. The molecule has 0 aliphatic carbocycles. The van der Waals surface area contributed by atoms with E-state index in [1.807, 2.05) is 0 Å². The number of benzene rings is 1. The number of ether oxygens (including phenoxy) is 3. The van der Waals surface area contributed by atoms with Gasteiger partial charge in [0.05, 0.1) is 26.7 Å². The molecule has 0 bridgehead atoms. The SMILES string of the molecule is COC(=O)c1oc(OC)c2cc(OC)ccc12. The van der Waals surface area contributed by atoms with Crippen molar-refractivity contribution in [1.82, 2.24) is 0 Å². The Kier molecular flexibility index (Phi) is 2.91. The van der Waals surface area contributed by atoms with Crippen molar-refractivity contribution >= 4 is 16.7 Å². The third-order valence-corrected chi connectivity index (χ3v) is 2.44. The molecule has 2 aromatic rings. The van der Waals surface area contributed by atoms with E-state index in [1.54, 1.807) is 25.3 Å². The van der Waals surface area contributed by atoms with Crippen LogP contribution in [0, 0.1) is 0 Å². The summed E-state index contributed by atoms with van der Waals surface area (Å²) >= 11 is 0. The molecule has 0 amide bonds. The maximum absolute atomic E-state index is 11.5. The van der Waals surface area contributed by atoms with Crippen LogP contribution in [0.1, 0.15) is 10.6 Å². The summed E-state index contributed by atoms with van der Waals surface area (Å²) in [5.41, 5.74) is 0. The quantitative estimate of drug-likeness (QED) is 0.765. The number of furan rings is 1. The maximum atomic E-state index is 11.5. The molecule has 0 saturated carbocycles. The van der Waals surface area contributed by atoms with Crippen molar-refractivity contribution in [3.63, 3.8) is 0 Å². The number of hydrogen-bond acceptors (Lipinski definition) is 5. The Balaban J connectivity index is 2.68. The molecule has 5 heteroatoms. The van der Waals surface area contributed by atoms with Crippen LogP contribution in [0.3, 0.4) is 0 Å². The zero-order chi connectivity index (χ0) is 12.4. The van der Waals surface area contributed by atoms with Crippen LogP contribution in [-0.4, -0.2) is 27.3 Å². The molecule has 0 N–H and O–H groups in total. The lowest BCUT2D eigenvalue weighted by Crippen LogP contribution is -1.99. The van der Waals surface area contributed by atoms with Gasteiger partial charge in [-0.25, -0.2) is 4.79 Å². The van der Waals surface area contributed by atoms with Gasteiger partial charge < -0.3 is 18.6 Å². The van der Waals surface area contributed by atoms with E-state index in [0.29, 0.717) is 16.5 Å². The van der Waals surface area contributed by atoms with E-state index < -0.39 is 5.97 Å². The standard InChI is InChI=1S/C12H12O5/c1-14-7-4-5-8-9(6-7)12(16-3)17-10(8)11(13)15-2/h4-6H,1-3H3. The van der Waals surface area contributed by atoms with E-state index >= 15 is 0 Å². The highest BCUT2D eigenvalue weighted by Gasteiger charge is 2.20. The van der Waals surface area contributed by atoms with Gasteiger partial charge in [0, 0.05) is 5.39 Å². The van der Waals surface area contributed by atoms with Crippen LogP contribution in [0.2, 0.25) is 0 Å². The molecular formula is C12H12O5. The fraction of sp³-hybridized carbons (Fsp3) is 0.250. The summed E-state index contributed by atoms with van der Waals surface area (Å²) < 4.78 is 20.1. The molecule has 17 heavy (non-hydrogen) atoms. The van der Waals surface area contributed by atoms with E-state index in [0.717, 1.165) is 0 Å². The summed E-state index contributed by atoms with van der Waals surface area (Å²) in [5.74, 6) is 0.512. The Morgan fingerprint density at radius 1 is 1.12 bits per heavy atom. The summed E-state index contributed by atoms with van der Waals surface area (Å²) in [7, 11) is 4.33. The Morgan fingerprint density at radius 2 is 1.88 bits per heavy atom. The minimum absolute atomic E-state index is 0.127. The third kappa shape index (κ3) is 1.80. The molecule has 0 unspecified atom stereocenters. The van der Waals surface area contributed by atoms with Gasteiger partial charge in [0.15, 0.2) is 0 Å². The van der Waals surface area contributed by atoms with Gasteiger partial charge in [-0.2, -0.15) is 0 Å². The van der Waals surface area contributed by atoms with Gasteiger partial charge in [-0.1, -0.05) is 0 Å². The lowest BCUT2D eigenvalue weighted by molar-refractivity contribution is 0.0562. The molecule has 0 spiro atoms. The largest absolute Gasteiger partial charge is 0.497 e. The molecule has 5 nitrogen and oxygen atoms in total. The van der Waals surface area contributed by atoms with Crippen LogP contribution >= 0.6 is 0 Å². The number of methoxy groups -OCH3 is 3. The van der Waals surface area contributed by atoms with Crippen LogP contribution in [0.4, 0.5) is 0 Å². The van der Waals surface area contributed by atoms with Crippen molar-refractivity contribution < 1.29 is 23.4 Å². The van der Waals surface area contributed by atoms with Gasteiger partial charge in [0.1, 0.15) is 5.75 Å². The zero-order valence-electron chi connectivity index (χ0n) is 9.77. The Bertz CT molecular complexity index is 555. The molecule has 0 aliphatic heterocycles. The molecule has 2 rings (SSSR count). The molecule has 0 fully saturated rings. The lowest BCUT2D eigenvalue weighted by Gasteiger charge is -1.99. The maximum Gasteiger partial charge on any atom is 0.374 e. The van der Waals surface area contributed by atoms with Gasteiger partial charge in [0.25, 0.3) is 5.95 Å². The Hall–Kier alpha value is -2.17. The number of carbonyl (C=O) groups excluding carboxylic acids is 1. The highest BCUT2D eigenvalue weighted by atomic mass is 16.6. The topological polar surface area (TPSA) is 57.9 Å². The van der Waals surface area contributed by atoms with E-state index in [1.165, 1.54) is 14.2 Å². The average molecular weight is 236 g/mol. The van der Waals surface area contributed by atoms with Crippen LogP contribution in [-0.2, 0) is 4.74 Å². The number of rotatable bonds is 3. The first kappa shape index (κ1) is 11.3. The van der Waals surface area contributed by atoms with Crippen LogP contribution in [0.25, 0.3) is 10.8 Å². The van der Waals surface area contributed by atoms with Crippen LogP contribution in [0.5, 0.6) is 11.7 Å². The van der Waals surface area contributed by atoms with E-state index in [4.69, 9.17) is 13.9 Å². The Morgan fingerprint density at radius 3 is 2.47 bits per heavy atom. The second kappa shape index (κ2) is 4.37. The second-order valence-corrected chi connectivity index (χ2v) is 3.33. The molecule has 0 radical (unpaired) electrons. The molecule has 1 aromatic heterocycles. The van der Waals surface area contributed by atoms with Crippen LogP contribution in [0.15, 0.2) is 22.6 Å². The van der Waals surface area contributed by atoms with E-state index in [-0.39, 0.29) is 11.7 Å². The molecule has 0 aliphatic rings. The van der Waals surface area contributed by atoms with Gasteiger partial charge >= 0.3 is 5.97 Å². The zero-order valence-corrected chi connectivity index (χ0v) is 9.77. The third-order valence-electron chi connectivity index (χ3n) is 2.44. The average Bonchev–Trinajstić information content (AvgIpc) is 2.75. The summed E-state index contributed by atoms with van der Waals surface area (Å²) in [6.07, 6.45) is 0. The van der Waals surface area contributed by atoms with Crippen molar-refractivity contribution in [2.24, 2.45) is 0 Å². The van der Waals surface area contributed by atoms with Gasteiger partial charge in [-0.15, -0.1) is 0 Å². The fourth-order valence-electron chi connectivity index (χ4n) is 1.62. The first-order valence-electron chi connectivity index (χ1n) is 4.94. The molecular weight excluding hydrogens is 224 g/mol. The highest BCUT2D eigenvalue weighted by Crippen LogP contribution is 2.34. The first-order chi connectivity index (χ1) is 8.21. The van der Waals surface area contributed by atoms with Crippen molar-refractivity contribution in [2.75, 3.05) is 21.3 Å². The molecule has 0 saturated heterocycles. The first-order valence-corrected chi connectivity index (χ1v) is 4.94. The Labute approximate surface area is 97.9 Å². The molecule has 1 heterocycles. The molecule has 1 aromatic carbocycles. The predicted molar refractivity (Wildman–Crippen MR) is 60.7 cm³/mol. The highest BCUT2D eigenvalue weighted by molar-refractivity contribution is 6.04. The smallest absolute Gasteiger partial charge is 0.374 e. The minimum atomic E-state index is -0.538. The van der Waals surface area contributed by atoms with Gasteiger partial charge in [0.2, 0.25) is 5.76 Å². The number of carbonyl (C=O) groups is 1. The molecule has 90 valence electrons. The molecule has 0 atom stereocenters. The van der Waals surface area contributed by atoms with Gasteiger partial charge in [-0.05, 0) is 18.2 Å². The lowest BCUT2D eigenvalue weighted by atomic mass is 10.1. The van der Waals surface area contributed by atoms with Crippen molar-refractivity contribution in [3.05, 3.63) is 24.0 Å². The van der Waals surface area contributed by atoms with Crippen molar-refractivity contribution in [2.45, 2.75) is 0 Å². The minimum Gasteiger partial charge on any atom is -0.497 e. The number of esters is 1. The van der Waals surface area contributed by atoms with Gasteiger partial charge in [-0.3, -0.25) is 0 Å². The number of fused-ring (bicyclic) bond motifs is 1. The van der Waals surface area contributed by atoms with Crippen LogP contribution < -0.4 is 9.47 Å². The van der Waals surface area contributed by atoms with Crippen molar-refractivity contribution in [3.8, 4) is 11.7 Å². The number of hydrogen-bond donors (Lipinski definition) is 0. The monoisotopic (exact) mass is 236 g/mol. The summed E-state index contributed by atoms with van der Waals surface area (Å²) in [6.45, 7) is 0. The van der Waals surface area contributed by atoms with Crippen molar-refractivity contribution in [1.29, 1.82) is 0 Å². The van der Waals surface area contributed by atoms with E-state index in [2.05, 4.69) is 4.74 Å². The second-order valence-electron chi connectivity index (χ2n) is 3.33. The summed E-state index contributed by atoms with van der Waals surface area (Å²) in [5, 5.41) is 1.31.